The lowest BCUT2D eigenvalue weighted by Crippen LogP contribution is -3.00. The van der Waals surface area contributed by atoms with Gasteiger partial charge >= 0.3 is 5.97 Å². The number of ketones is 1. The van der Waals surface area contributed by atoms with Gasteiger partial charge in [-0.2, -0.15) is 0 Å². The van der Waals surface area contributed by atoms with Gasteiger partial charge in [0.2, 0.25) is 0 Å². The van der Waals surface area contributed by atoms with Crippen LogP contribution < -0.4 is 32.9 Å². The summed E-state index contributed by atoms with van der Waals surface area (Å²) >= 11 is 0. The number of rotatable bonds is 23. The first-order chi connectivity index (χ1) is 26.7. The maximum absolute atomic E-state index is 13.6. The Labute approximate surface area is 351 Å². The molecular weight excluding hydrogens is 771 g/mol. The first kappa shape index (κ1) is 47.0. The number of carbonyl (C=O) groups excluding carboxylic acids is 2. The maximum atomic E-state index is 13.6. The van der Waals surface area contributed by atoms with E-state index in [9.17, 15) is 9.59 Å². The number of Topliss-reactive ketones (excluding diaryl/α,β-unsaturated/α-hetero) is 1. The summed E-state index contributed by atoms with van der Waals surface area (Å²) in [7, 11) is -1.99. The number of hydrogen-bond acceptors (Lipinski definition) is 3. The second-order valence-electron chi connectivity index (χ2n) is 16.1. The topological polar surface area (TPSA) is 43.4 Å². The average Bonchev–Trinajstić information content (AvgIpc) is 3.19. The maximum Gasteiger partial charge on any atom is 0.306 e. The van der Waals surface area contributed by atoms with Crippen molar-refractivity contribution in [2.75, 3.05) is 6.16 Å². The van der Waals surface area contributed by atoms with Crippen molar-refractivity contribution >= 4 is 34.9 Å². The number of carbonyl (C=O) groups is 2. The zero-order chi connectivity index (χ0) is 39.4. The van der Waals surface area contributed by atoms with Gasteiger partial charge in [0, 0.05) is 12.8 Å². The minimum Gasteiger partial charge on any atom is -1.00 e. The van der Waals surface area contributed by atoms with Crippen LogP contribution in [0.1, 0.15) is 131 Å². The third kappa shape index (κ3) is 14.2. The molecule has 0 aliphatic heterocycles. The van der Waals surface area contributed by atoms with Crippen molar-refractivity contribution in [2.45, 2.75) is 137 Å². The number of esters is 1. The number of unbranched alkanes of at least 4 members (excludes halogenated alkanes) is 11. The third-order valence-electron chi connectivity index (χ3n) is 11.2. The predicted molar refractivity (Wildman–Crippen MR) is 238 cm³/mol. The largest absolute Gasteiger partial charge is 1.00 e. The summed E-state index contributed by atoms with van der Waals surface area (Å²) in [6.07, 6.45) is 28.2. The molecule has 1 atom stereocenters. The van der Waals surface area contributed by atoms with Crippen molar-refractivity contribution in [1.29, 1.82) is 0 Å². The van der Waals surface area contributed by atoms with Gasteiger partial charge in [0.15, 0.2) is 11.9 Å². The molecule has 4 rings (SSSR count). The van der Waals surface area contributed by atoms with Crippen LogP contribution in [0.3, 0.4) is 0 Å². The van der Waals surface area contributed by atoms with E-state index in [0.29, 0.717) is 18.4 Å². The minimum atomic E-state index is -1.99. The summed E-state index contributed by atoms with van der Waals surface area (Å²) in [4.78, 5) is 26.4. The van der Waals surface area contributed by atoms with Crippen LogP contribution in [-0.2, 0) is 14.3 Å². The first-order valence-electron chi connectivity index (χ1n) is 21.2. The normalized spacial score (nSPS) is 16.1. The molecule has 0 spiro atoms. The summed E-state index contributed by atoms with van der Waals surface area (Å²) in [6, 6.07) is 32.8. The van der Waals surface area contributed by atoms with E-state index in [1.807, 2.05) is 6.92 Å². The molecule has 3 nitrogen and oxygen atoms in total. The first-order valence-corrected chi connectivity index (χ1v) is 23.2. The van der Waals surface area contributed by atoms with Crippen LogP contribution in [0.5, 0.6) is 0 Å². The number of allylic oxidation sites excluding steroid dienone is 7. The fraction of sp³-hybridized carbons (Fsp3) is 0.451. The number of benzene rings is 3. The fourth-order valence-corrected chi connectivity index (χ4v) is 12.1. The highest BCUT2D eigenvalue weighted by Crippen LogP contribution is 2.55. The van der Waals surface area contributed by atoms with Crippen LogP contribution in [0.15, 0.2) is 138 Å². The van der Waals surface area contributed by atoms with E-state index >= 15 is 0 Å². The SMILES string of the molecule is CCCCCCCC/C=C\CCCCCCCC(=O)O[C@H]1CC(C)(C)C(C=CC(C)=CC[P+](c2ccccc2)(c2ccccc2)c2ccccc2)=C(C)C1=O.[Br-]. The molecule has 0 bridgehead atoms. The van der Waals surface area contributed by atoms with E-state index in [2.05, 4.69) is 149 Å². The van der Waals surface area contributed by atoms with E-state index in [0.717, 1.165) is 43.0 Å². The van der Waals surface area contributed by atoms with Crippen LogP contribution in [0.2, 0.25) is 0 Å². The van der Waals surface area contributed by atoms with Crippen LogP contribution in [0.4, 0.5) is 0 Å². The molecule has 56 heavy (non-hydrogen) atoms. The Balaban J connectivity index is 0.00000841. The lowest BCUT2D eigenvalue weighted by molar-refractivity contribution is -0.156. The second-order valence-corrected chi connectivity index (χ2v) is 19.6. The standard InChI is InChI=1S/C51H68O3P.BrH/c1-6-7-8-9-10-11-12-13-14-15-16-17-18-19-29-36-49(52)54-48-41-51(4,5)47(43(3)50(48)53)38-37-42(2)39-40-55(44-30-23-20-24-31-44,45-32-25-21-26-33-45)46-34-27-22-28-35-46;/h13-14,20-28,30-35,37-39,48H,6-12,15-19,29,36,40-41H2,1-5H3;1H/q+1;/p-1/b14-13-,38-37?,42-39?;/t48-;/m0./s1. The molecule has 0 N–H and O–H groups in total. The fourth-order valence-electron chi connectivity index (χ4n) is 7.93. The van der Waals surface area contributed by atoms with Crippen molar-refractivity contribution in [1.82, 2.24) is 0 Å². The molecule has 0 saturated carbocycles. The molecule has 0 fully saturated rings. The quantitative estimate of drug-likeness (QED) is 0.0314. The van der Waals surface area contributed by atoms with Gasteiger partial charge in [-0.1, -0.05) is 157 Å². The predicted octanol–water partition coefficient (Wildman–Crippen LogP) is 9.75. The zero-order valence-corrected chi connectivity index (χ0v) is 37.5. The van der Waals surface area contributed by atoms with Gasteiger partial charge in [-0.3, -0.25) is 9.59 Å². The number of ether oxygens (including phenoxy) is 1. The summed E-state index contributed by atoms with van der Waals surface area (Å²) in [5, 5.41) is 4.07. The van der Waals surface area contributed by atoms with Crippen molar-refractivity contribution in [3.63, 3.8) is 0 Å². The molecule has 3 aromatic carbocycles. The molecule has 1 aliphatic rings. The van der Waals surface area contributed by atoms with Crippen LogP contribution in [0, 0.1) is 5.41 Å². The van der Waals surface area contributed by atoms with Gasteiger partial charge < -0.3 is 21.7 Å². The van der Waals surface area contributed by atoms with E-state index in [1.54, 1.807) is 0 Å². The number of hydrogen-bond donors (Lipinski definition) is 0. The van der Waals surface area contributed by atoms with E-state index in [1.165, 1.54) is 73.7 Å². The molecule has 5 heteroatoms. The molecule has 0 unspecified atom stereocenters. The average molecular weight is 840 g/mol. The van der Waals surface area contributed by atoms with Gasteiger partial charge in [0.05, 0.1) is 6.16 Å². The van der Waals surface area contributed by atoms with Crippen molar-refractivity contribution in [3.8, 4) is 0 Å². The van der Waals surface area contributed by atoms with Gasteiger partial charge in [0.1, 0.15) is 23.2 Å². The van der Waals surface area contributed by atoms with Crippen LogP contribution in [0.25, 0.3) is 0 Å². The summed E-state index contributed by atoms with van der Waals surface area (Å²) in [5.74, 6) is -0.319. The molecule has 0 saturated heterocycles. The molecule has 0 heterocycles. The molecule has 0 aromatic heterocycles. The third-order valence-corrected chi connectivity index (χ3v) is 15.5. The highest BCUT2D eigenvalue weighted by Gasteiger charge is 2.44. The molecule has 1 aliphatic carbocycles. The van der Waals surface area contributed by atoms with Crippen molar-refractivity contribution in [2.24, 2.45) is 5.41 Å². The van der Waals surface area contributed by atoms with Crippen LogP contribution >= 0.6 is 7.26 Å². The van der Waals surface area contributed by atoms with E-state index in [4.69, 9.17) is 4.74 Å². The Kier molecular flexibility index (Phi) is 21.1. The Morgan fingerprint density at radius 1 is 0.732 bits per heavy atom. The Bertz CT molecular complexity index is 1630. The van der Waals surface area contributed by atoms with Crippen molar-refractivity contribution < 1.29 is 31.3 Å². The Morgan fingerprint density at radius 2 is 1.20 bits per heavy atom. The minimum absolute atomic E-state index is 0. The molecule has 0 amide bonds. The number of halogens is 1. The molecule has 302 valence electrons. The second kappa shape index (κ2) is 25.1. The van der Waals surface area contributed by atoms with Crippen LogP contribution in [-0.4, -0.2) is 24.0 Å². The highest BCUT2D eigenvalue weighted by atomic mass is 79.9. The van der Waals surface area contributed by atoms with Crippen molar-refractivity contribution in [3.05, 3.63) is 138 Å². The smallest absolute Gasteiger partial charge is 0.306 e. The lowest BCUT2D eigenvalue weighted by atomic mass is 9.71. The zero-order valence-electron chi connectivity index (χ0n) is 35.0. The lowest BCUT2D eigenvalue weighted by Gasteiger charge is -2.36. The molecule has 3 aromatic rings. The summed E-state index contributed by atoms with van der Waals surface area (Å²) in [6.45, 7) is 10.6. The van der Waals surface area contributed by atoms with Gasteiger partial charge in [-0.25, -0.2) is 0 Å². The Hall–Kier alpha value is -3.33. The van der Waals surface area contributed by atoms with Gasteiger partial charge in [-0.05, 0) is 105 Å². The highest BCUT2D eigenvalue weighted by molar-refractivity contribution is 7.95. The molecule has 0 radical (unpaired) electrons. The van der Waals surface area contributed by atoms with Gasteiger partial charge in [-0.15, -0.1) is 0 Å². The van der Waals surface area contributed by atoms with E-state index in [-0.39, 0.29) is 34.1 Å². The monoisotopic (exact) mass is 838 g/mol. The van der Waals surface area contributed by atoms with Gasteiger partial charge in [0.25, 0.3) is 0 Å². The Morgan fingerprint density at radius 3 is 1.70 bits per heavy atom. The van der Waals surface area contributed by atoms with E-state index < -0.39 is 13.4 Å². The summed E-state index contributed by atoms with van der Waals surface area (Å²) < 4.78 is 5.84. The summed E-state index contributed by atoms with van der Waals surface area (Å²) in [5.41, 5.74) is 2.56. The molecular formula is C51H68BrO3P.